The molecule has 0 bridgehead atoms. The summed E-state index contributed by atoms with van der Waals surface area (Å²) < 4.78 is 31.8. The molecule has 2 aromatic carbocycles. The second-order valence-corrected chi connectivity index (χ2v) is 8.78. The molecule has 0 spiro atoms. The van der Waals surface area contributed by atoms with Crippen molar-refractivity contribution in [1.29, 1.82) is 0 Å². The molecule has 0 fully saturated rings. The Kier molecular flexibility index (Phi) is 6.38. The highest BCUT2D eigenvalue weighted by Crippen LogP contribution is 2.20. The Balaban J connectivity index is 1.79. The van der Waals surface area contributed by atoms with E-state index in [4.69, 9.17) is 4.42 Å². The molecule has 158 valence electrons. The maximum Gasteiger partial charge on any atom is 0.349 e. The number of sulfonamides is 1. The fraction of sp³-hybridized carbons (Fsp3) is 0.273. The first-order chi connectivity index (χ1) is 14.3. The Hall–Kier alpha value is -2.97. The lowest BCUT2D eigenvalue weighted by Gasteiger charge is -2.19. The van der Waals surface area contributed by atoms with Crippen LogP contribution in [-0.2, 0) is 10.0 Å². The fourth-order valence-corrected chi connectivity index (χ4v) is 4.68. The highest BCUT2D eigenvalue weighted by molar-refractivity contribution is 7.89. The quantitative estimate of drug-likeness (QED) is 0.583. The Labute approximate surface area is 175 Å². The first kappa shape index (κ1) is 21.7. The van der Waals surface area contributed by atoms with Crippen molar-refractivity contribution >= 4 is 26.9 Å². The summed E-state index contributed by atoms with van der Waals surface area (Å²) >= 11 is 0. The van der Waals surface area contributed by atoms with Gasteiger partial charge in [-0.2, -0.15) is 4.31 Å². The Morgan fingerprint density at radius 3 is 2.33 bits per heavy atom. The molecule has 0 saturated heterocycles. The van der Waals surface area contributed by atoms with Crippen molar-refractivity contribution in [2.45, 2.75) is 31.7 Å². The molecule has 0 aliphatic rings. The number of nitrogens with zero attached hydrogens (tertiary/aromatic N) is 1. The summed E-state index contributed by atoms with van der Waals surface area (Å²) in [6.45, 7) is 6.12. The number of amides is 1. The number of fused-ring (bicyclic) bond motifs is 1. The number of carbonyl (C=O) groups is 1. The van der Waals surface area contributed by atoms with Gasteiger partial charge < -0.3 is 9.73 Å². The third-order valence-corrected chi connectivity index (χ3v) is 7.02. The van der Waals surface area contributed by atoms with Gasteiger partial charge in [0, 0.05) is 18.5 Å². The summed E-state index contributed by atoms with van der Waals surface area (Å²) in [6, 6.07) is 14.4. The molecular weight excluding hydrogens is 404 g/mol. The van der Waals surface area contributed by atoms with Gasteiger partial charge in [-0.05, 0) is 36.8 Å². The molecular formula is C22H24N2O5S. The van der Waals surface area contributed by atoms with Crippen LogP contribution in [0.25, 0.3) is 11.0 Å². The van der Waals surface area contributed by atoms with Gasteiger partial charge in [-0.15, -0.1) is 0 Å². The minimum Gasteiger partial charge on any atom is -0.422 e. The van der Waals surface area contributed by atoms with E-state index in [1.807, 2.05) is 0 Å². The largest absolute Gasteiger partial charge is 0.422 e. The fourth-order valence-electron chi connectivity index (χ4n) is 3.22. The number of benzene rings is 2. The predicted octanol–water partition coefficient (Wildman–Crippen LogP) is 3.31. The molecule has 0 saturated carbocycles. The molecule has 1 amide bonds. The molecule has 1 N–H and O–H groups in total. The van der Waals surface area contributed by atoms with Crippen LogP contribution in [0.3, 0.4) is 0 Å². The van der Waals surface area contributed by atoms with Crippen LogP contribution in [-0.4, -0.2) is 31.7 Å². The summed E-state index contributed by atoms with van der Waals surface area (Å²) in [5.74, 6) is -0.554. The minimum atomic E-state index is -3.54. The van der Waals surface area contributed by atoms with E-state index in [0.717, 1.165) is 0 Å². The van der Waals surface area contributed by atoms with E-state index in [-0.39, 0.29) is 10.5 Å². The lowest BCUT2D eigenvalue weighted by molar-refractivity contribution is 0.0936. The zero-order valence-electron chi connectivity index (χ0n) is 17.1. The van der Waals surface area contributed by atoms with Crippen LogP contribution in [0, 0.1) is 0 Å². The van der Waals surface area contributed by atoms with Crippen molar-refractivity contribution in [1.82, 2.24) is 9.62 Å². The molecule has 0 aliphatic heterocycles. The first-order valence-corrected chi connectivity index (χ1v) is 11.2. The van der Waals surface area contributed by atoms with Gasteiger partial charge in [-0.25, -0.2) is 13.2 Å². The van der Waals surface area contributed by atoms with Crippen molar-refractivity contribution < 1.29 is 17.6 Å². The summed E-state index contributed by atoms with van der Waals surface area (Å²) in [5, 5.41) is 3.42. The number of rotatable bonds is 7. The molecule has 3 aromatic rings. The van der Waals surface area contributed by atoms with Crippen molar-refractivity contribution in [3.63, 3.8) is 0 Å². The third-order valence-electron chi connectivity index (χ3n) is 4.96. The number of hydrogen-bond donors (Lipinski definition) is 1. The molecule has 0 aliphatic carbocycles. The zero-order chi connectivity index (χ0) is 21.9. The van der Waals surface area contributed by atoms with Gasteiger partial charge in [0.05, 0.1) is 10.9 Å². The SMILES string of the molecule is CCN(CC)S(=O)(=O)c1ccc([C@@H](C)NC(=O)c2cc3ccccc3oc2=O)cc1. The minimum absolute atomic E-state index is 0.0821. The van der Waals surface area contributed by atoms with Crippen LogP contribution >= 0.6 is 0 Å². The molecule has 1 atom stereocenters. The average molecular weight is 429 g/mol. The number of carbonyl (C=O) groups excluding carboxylic acids is 1. The van der Waals surface area contributed by atoms with Crippen LogP contribution < -0.4 is 10.9 Å². The van der Waals surface area contributed by atoms with Gasteiger partial charge in [-0.3, -0.25) is 4.79 Å². The maximum absolute atomic E-state index is 12.6. The highest BCUT2D eigenvalue weighted by Gasteiger charge is 2.22. The second kappa shape index (κ2) is 8.81. The van der Waals surface area contributed by atoms with Crippen molar-refractivity contribution in [2.75, 3.05) is 13.1 Å². The highest BCUT2D eigenvalue weighted by atomic mass is 32.2. The smallest absolute Gasteiger partial charge is 0.349 e. The van der Waals surface area contributed by atoms with Gasteiger partial charge in [-0.1, -0.05) is 44.2 Å². The van der Waals surface area contributed by atoms with Crippen LogP contribution in [0.4, 0.5) is 0 Å². The number of nitrogens with one attached hydrogen (secondary N) is 1. The van der Waals surface area contributed by atoms with E-state index in [1.54, 1.807) is 57.2 Å². The van der Waals surface area contributed by atoms with E-state index < -0.39 is 27.6 Å². The van der Waals surface area contributed by atoms with Crippen LogP contribution in [0.15, 0.2) is 68.7 Å². The molecule has 3 rings (SSSR count). The van der Waals surface area contributed by atoms with Crippen LogP contribution in [0.1, 0.15) is 42.7 Å². The van der Waals surface area contributed by atoms with E-state index >= 15 is 0 Å². The lowest BCUT2D eigenvalue weighted by Crippen LogP contribution is -2.31. The Morgan fingerprint density at radius 1 is 1.07 bits per heavy atom. The second-order valence-electron chi connectivity index (χ2n) is 6.84. The van der Waals surface area contributed by atoms with E-state index in [0.29, 0.717) is 29.6 Å². The van der Waals surface area contributed by atoms with E-state index in [2.05, 4.69) is 5.32 Å². The topological polar surface area (TPSA) is 96.7 Å². The summed E-state index contributed by atoms with van der Waals surface area (Å²) in [6.07, 6.45) is 0. The van der Waals surface area contributed by atoms with E-state index in [1.165, 1.54) is 22.5 Å². The summed E-state index contributed by atoms with van der Waals surface area (Å²) in [7, 11) is -3.54. The Bertz CT molecular complexity index is 1210. The number of para-hydroxylation sites is 1. The van der Waals surface area contributed by atoms with Crippen molar-refractivity contribution in [2.24, 2.45) is 0 Å². The van der Waals surface area contributed by atoms with Crippen molar-refractivity contribution in [3.8, 4) is 0 Å². The molecule has 8 heteroatoms. The van der Waals surface area contributed by atoms with Crippen LogP contribution in [0.2, 0.25) is 0 Å². The normalized spacial score (nSPS) is 12.8. The van der Waals surface area contributed by atoms with Crippen LogP contribution in [0.5, 0.6) is 0 Å². The first-order valence-electron chi connectivity index (χ1n) is 9.71. The molecule has 1 heterocycles. The van der Waals surface area contributed by atoms with Gasteiger partial charge in [0.1, 0.15) is 11.1 Å². The van der Waals surface area contributed by atoms with Gasteiger partial charge in [0.25, 0.3) is 5.91 Å². The van der Waals surface area contributed by atoms with Gasteiger partial charge in [0.2, 0.25) is 10.0 Å². The molecule has 0 radical (unpaired) electrons. The third kappa shape index (κ3) is 4.29. The molecule has 1 aromatic heterocycles. The Morgan fingerprint density at radius 2 is 1.70 bits per heavy atom. The number of hydrogen-bond acceptors (Lipinski definition) is 5. The average Bonchev–Trinajstić information content (AvgIpc) is 2.73. The lowest BCUT2D eigenvalue weighted by atomic mass is 10.1. The van der Waals surface area contributed by atoms with Gasteiger partial charge >= 0.3 is 5.63 Å². The summed E-state index contributed by atoms with van der Waals surface area (Å²) in [5.41, 5.74) is 0.337. The maximum atomic E-state index is 12.6. The molecule has 7 nitrogen and oxygen atoms in total. The molecule has 30 heavy (non-hydrogen) atoms. The molecule has 0 unspecified atom stereocenters. The zero-order valence-corrected chi connectivity index (χ0v) is 17.9. The predicted molar refractivity (Wildman–Crippen MR) is 115 cm³/mol. The van der Waals surface area contributed by atoms with Gasteiger partial charge in [0.15, 0.2) is 0 Å². The van der Waals surface area contributed by atoms with Crippen molar-refractivity contribution in [3.05, 3.63) is 76.1 Å². The summed E-state index contributed by atoms with van der Waals surface area (Å²) in [4.78, 5) is 25.0. The van der Waals surface area contributed by atoms with E-state index in [9.17, 15) is 18.0 Å². The standard InChI is InChI=1S/C22H24N2O5S/c1-4-24(5-2)30(27,28)18-12-10-16(11-13-18)15(3)23-21(25)19-14-17-8-6-7-9-20(17)29-22(19)26/h6-15H,4-5H2,1-3H3,(H,23,25)/t15-/m1/s1. The monoisotopic (exact) mass is 428 g/mol.